The molecule has 4 nitrogen and oxygen atoms in total. The van der Waals surface area contributed by atoms with Crippen LogP contribution >= 0.6 is 7.37 Å². The standard InChI is InChI=1S/C18H29O4P/c1-14(2)17(19)21-12-15(3)13-23(20,18(4,5)6)22-16-10-8-7-9-11-16/h7-11,14-15H,12-13H2,1-6H3/t15-,23-/m0/s1. The molecule has 5 heteroatoms. The molecule has 2 atom stereocenters. The van der Waals surface area contributed by atoms with E-state index in [1.807, 2.05) is 58.0 Å². The summed E-state index contributed by atoms with van der Waals surface area (Å²) in [6, 6.07) is 9.22. The van der Waals surface area contributed by atoms with Crippen molar-refractivity contribution in [3.8, 4) is 5.75 Å². The molecule has 0 radical (unpaired) electrons. The van der Waals surface area contributed by atoms with E-state index < -0.39 is 12.5 Å². The molecule has 0 aliphatic heterocycles. The average molecular weight is 340 g/mol. The molecular weight excluding hydrogens is 311 g/mol. The van der Waals surface area contributed by atoms with Crippen molar-refractivity contribution in [2.75, 3.05) is 12.8 Å². The van der Waals surface area contributed by atoms with Crippen LogP contribution < -0.4 is 4.52 Å². The lowest BCUT2D eigenvalue weighted by atomic mass is 10.2. The smallest absolute Gasteiger partial charge is 0.308 e. The first kappa shape index (κ1) is 19.8. The maximum absolute atomic E-state index is 13.4. The fourth-order valence-corrected chi connectivity index (χ4v) is 4.24. The zero-order valence-corrected chi connectivity index (χ0v) is 15.9. The van der Waals surface area contributed by atoms with Crippen LogP contribution in [0.25, 0.3) is 0 Å². The number of benzene rings is 1. The second-order valence-corrected chi connectivity index (χ2v) is 10.6. The predicted molar refractivity (Wildman–Crippen MR) is 94.3 cm³/mol. The van der Waals surface area contributed by atoms with Crippen molar-refractivity contribution in [1.29, 1.82) is 0 Å². The zero-order valence-electron chi connectivity index (χ0n) is 15.0. The monoisotopic (exact) mass is 340 g/mol. The fourth-order valence-electron chi connectivity index (χ4n) is 1.95. The first-order valence-electron chi connectivity index (χ1n) is 8.05. The molecule has 0 heterocycles. The van der Waals surface area contributed by atoms with E-state index in [-0.39, 0.29) is 24.4 Å². The van der Waals surface area contributed by atoms with Gasteiger partial charge in [0.25, 0.3) is 7.37 Å². The van der Waals surface area contributed by atoms with Crippen LogP contribution in [0.15, 0.2) is 30.3 Å². The zero-order chi connectivity index (χ0) is 17.7. The Morgan fingerprint density at radius 3 is 2.17 bits per heavy atom. The van der Waals surface area contributed by atoms with E-state index in [2.05, 4.69) is 0 Å². The van der Waals surface area contributed by atoms with Crippen LogP contribution in [0.3, 0.4) is 0 Å². The second-order valence-electron chi connectivity index (χ2n) is 7.32. The van der Waals surface area contributed by atoms with Gasteiger partial charge in [-0.2, -0.15) is 0 Å². The molecule has 130 valence electrons. The summed E-state index contributed by atoms with van der Waals surface area (Å²) in [4.78, 5) is 11.6. The van der Waals surface area contributed by atoms with Gasteiger partial charge >= 0.3 is 5.97 Å². The SMILES string of the molecule is CC(C)C(=O)OC[C@H](C)C[P@](=O)(Oc1ccccc1)C(C)(C)C. The molecule has 0 saturated heterocycles. The molecule has 0 amide bonds. The molecule has 0 saturated carbocycles. The van der Waals surface area contributed by atoms with Gasteiger partial charge in [0.1, 0.15) is 5.75 Å². The Hall–Kier alpha value is -1.28. The van der Waals surface area contributed by atoms with Crippen LogP contribution in [0.1, 0.15) is 41.5 Å². The van der Waals surface area contributed by atoms with Gasteiger partial charge in [0.15, 0.2) is 0 Å². The van der Waals surface area contributed by atoms with Crippen LogP contribution in [-0.4, -0.2) is 23.9 Å². The van der Waals surface area contributed by atoms with Crippen molar-refractivity contribution < 1.29 is 18.6 Å². The summed E-state index contributed by atoms with van der Waals surface area (Å²) in [5, 5.41) is -0.487. The van der Waals surface area contributed by atoms with Gasteiger partial charge in [-0.3, -0.25) is 9.36 Å². The number of para-hydroxylation sites is 1. The first-order valence-corrected chi connectivity index (χ1v) is 9.86. The van der Waals surface area contributed by atoms with Crippen LogP contribution in [0.5, 0.6) is 5.75 Å². The Kier molecular flexibility index (Phi) is 6.88. The Balaban J connectivity index is 2.79. The summed E-state index contributed by atoms with van der Waals surface area (Å²) < 4.78 is 24.6. The molecule has 0 unspecified atom stereocenters. The molecular formula is C18H29O4P. The number of hydrogen-bond acceptors (Lipinski definition) is 4. The van der Waals surface area contributed by atoms with E-state index in [1.165, 1.54) is 0 Å². The van der Waals surface area contributed by atoms with Crippen molar-refractivity contribution in [2.45, 2.75) is 46.7 Å². The average Bonchev–Trinajstić information content (AvgIpc) is 2.44. The maximum atomic E-state index is 13.4. The van der Waals surface area contributed by atoms with Gasteiger partial charge in [-0.1, -0.05) is 59.7 Å². The van der Waals surface area contributed by atoms with Crippen molar-refractivity contribution in [3.63, 3.8) is 0 Å². The lowest BCUT2D eigenvalue weighted by Gasteiger charge is -2.33. The largest absolute Gasteiger partial charge is 0.465 e. The lowest BCUT2D eigenvalue weighted by molar-refractivity contribution is -0.148. The van der Waals surface area contributed by atoms with Gasteiger partial charge in [0.05, 0.1) is 12.5 Å². The predicted octanol–water partition coefficient (Wildman–Crippen LogP) is 4.98. The minimum Gasteiger partial charge on any atom is -0.465 e. The normalized spacial score (nSPS) is 15.8. The van der Waals surface area contributed by atoms with Crippen LogP contribution in [-0.2, 0) is 14.1 Å². The van der Waals surface area contributed by atoms with Crippen molar-refractivity contribution >= 4 is 13.3 Å². The van der Waals surface area contributed by atoms with Gasteiger partial charge < -0.3 is 9.26 Å². The molecule has 0 bridgehead atoms. The highest BCUT2D eigenvalue weighted by Crippen LogP contribution is 2.59. The molecule has 0 aliphatic rings. The topological polar surface area (TPSA) is 52.6 Å². The Labute approximate surface area is 140 Å². The molecule has 23 heavy (non-hydrogen) atoms. The van der Waals surface area contributed by atoms with Gasteiger partial charge in [-0.25, -0.2) is 0 Å². The summed E-state index contributed by atoms with van der Waals surface area (Å²) in [6.07, 6.45) is 0.372. The van der Waals surface area contributed by atoms with Crippen molar-refractivity contribution in [1.82, 2.24) is 0 Å². The van der Waals surface area contributed by atoms with Crippen LogP contribution in [0.4, 0.5) is 0 Å². The molecule has 0 N–H and O–H groups in total. The lowest BCUT2D eigenvalue weighted by Crippen LogP contribution is -2.26. The third-order valence-electron chi connectivity index (χ3n) is 3.55. The summed E-state index contributed by atoms with van der Waals surface area (Å²) in [6.45, 7) is 11.5. The second kappa shape index (κ2) is 8.01. The van der Waals surface area contributed by atoms with E-state index in [4.69, 9.17) is 9.26 Å². The highest BCUT2D eigenvalue weighted by Gasteiger charge is 2.40. The van der Waals surface area contributed by atoms with Crippen molar-refractivity contribution in [2.24, 2.45) is 11.8 Å². The molecule has 0 fully saturated rings. The number of esters is 1. The van der Waals surface area contributed by atoms with Gasteiger partial charge in [0, 0.05) is 17.2 Å². The third kappa shape index (κ3) is 6.02. The van der Waals surface area contributed by atoms with Crippen LogP contribution in [0.2, 0.25) is 0 Å². The van der Waals surface area contributed by atoms with E-state index in [1.54, 1.807) is 13.8 Å². The molecule has 1 rings (SSSR count). The summed E-state index contributed by atoms with van der Waals surface area (Å²) >= 11 is 0. The van der Waals surface area contributed by atoms with Crippen LogP contribution in [0, 0.1) is 11.8 Å². The minimum atomic E-state index is -2.96. The summed E-state index contributed by atoms with van der Waals surface area (Å²) in [7, 11) is -2.96. The highest BCUT2D eigenvalue weighted by molar-refractivity contribution is 7.61. The minimum absolute atomic E-state index is 0.0357. The highest BCUT2D eigenvalue weighted by atomic mass is 31.2. The van der Waals surface area contributed by atoms with E-state index in [9.17, 15) is 9.36 Å². The quantitative estimate of drug-likeness (QED) is 0.519. The number of ether oxygens (including phenoxy) is 1. The number of carbonyl (C=O) groups excluding carboxylic acids is 1. The third-order valence-corrected chi connectivity index (χ3v) is 7.21. The first-order chi connectivity index (χ1) is 10.5. The Morgan fingerprint density at radius 2 is 1.70 bits per heavy atom. The molecule has 0 spiro atoms. The number of hydrogen-bond donors (Lipinski definition) is 0. The molecule has 0 aliphatic carbocycles. The maximum Gasteiger partial charge on any atom is 0.308 e. The Bertz CT molecular complexity index is 546. The van der Waals surface area contributed by atoms with Crippen molar-refractivity contribution in [3.05, 3.63) is 30.3 Å². The summed E-state index contributed by atoms with van der Waals surface area (Å²) in [5.74, 6) is 0.187. The van der Waals surface area contributed by atoms with Gasteiger partial charge in [-0.05, 0) is 12.1 Å². The molecule has 0 aromatic heterocycles. The van der Waals surface area contributed by atoms with E-state index in [0.717, 1.165) is 0 Å². The Morgan fingerprint density at radius 1 is 1.13 bits per heavy atom. The van der Waals surface area contributed by atoms with E-state index >= 15 is 0 Å². The summed E-state index contributed by atoms with van der Waals surface area (Å²) in [5.41, 5.74) is 0. The molecule has 1 aromatic rings. The number of carbonyl (C=O) groups is 1. The van der Waals surface area contributed by atoms with E-state index in [0.29, 0.717) is 11.9 Å². The van der Waals surface area contributed by atoms with Gasteiger partial charge in [-0.15, -0.1) is 0 Å². The fraction of sp³-hybridized carbons (Fsp3) is 0.611. The number of rotatable bonds is 7. The molecule has 1 aromatic carbocycles. The van der Waals surface area contributed by atoms with Gasteiger partial charge in [0.2, 0.25) is 0 Å².